The summed E-state index contributed by atoms with van der Waals surface area (Å²) in [4.78, 5) is 13.8. The number of nitrogens with one attached hydrogen (secondary N) is 1. The van der Waals surface area contributed by atoms with Gasteiger partial charge in [0.25, 0.3) is 0 Å². The van der Waals surface area contributed by atoms with E-state index in [4.69, 9.17) is 0 Å². The second-order valence-corrected chi connectivity index (χ2v) is 5.56. The van der Waals surface area contributed by atoms with Gasteiger partial charge in [-0.1, -0.05) is 12.1 Å². The molecule has 5 heteroatoms. The average Bonchev–Trinajstić information content (AvgIpc) is 2.40. The van der Waals surface area contributed by atoms with Gasteiger partial charge in [-0.25, -0.2) is 4.79 Å². The maximum Gasteiger partial charge on any atom is 0.321 e. The van der Waals surface area contributed by atoms with Crippen LogP contribution < -0.4 is 5.32 Å². The number of hydrogen-bond donors (Lipinski definition) is 2. The van der Waals surface area contributed by atoms with Gasteiger partial charge in [-0.15, -0.1) is 0 Å². The van der Waals surface area contributed by atoms with Crippen LogP contribution in [0, 0.1) is 0 Å². The first-order chi connectivity index (χ1) is 8.66. The summed E-state index contributed by atoms with van der Waals surface area (Å²) in [5.41, 5.74) is 1.54. The first kappa shape index (κ1) is 13.2. The molecule has 4 nitrogen and oxygen atoms in total. The largest absolute Gasteiger partial charge is 0.389 e. The van der Waals surface area contributed by atoms with E-state index in [2.05, 4.69) is 5.32 Å². The molecule has 18 heavy (non-hydrogen) atoms. The number of hydrogen-bond acceptors (Lipinski definition) is 3. The normalized spacial score (nSPS) is 17.3. The molecule has 1 aromatic rings. The SMILES string of the molecule is CC(O)c1cccc(NC(=O)N2CCSCC2)c1. The summed E-state index contributed by atoms with van der Waals surface area (Å²) in [5, 5.41) is 12.4. The van der Waals surface area contributed by atoms with Crippen molar-refractivity contribution in [1.29, 1.82) is 0 Å². The van der Waals surface area contributed by atoms with Gasteiger partial charge in [0.15, 0.2) is 0 Å². The van der Waals surface area contributed by atoms with Gasteiger partial charge >= 0.3 is 6.03 Å². The Labute approximate surface area is 111 Å². The standard InChI is InChI=1S/C13H18N2O2S/c1-10(16)11-3-2-4-12(9-11)14-13(17)15-5-7-18-8-6-15/h2-4,9-10,16H,5-8H2,1H3,(H,14,17). The predicted octanol–water partition coefficient (Wildman–Crippen LogP) is 2.32. The minimum absolute atomic E-state index is 0.0574. The highest BCUT2D eigenvalue weighted by Crippen LogP contribution is 2.18. The van der Waals surface area contributed by atoms with E-state index in [0.717, 1.165) is 35.8 Å². The number of benzene rings is 1. The number of anilines is 1. The van der Waals surface area contributed by atoms with Crippen molar-refractivity contribution in [1.82, 2.24) is 4.90 Å². The van der Waals surface area contributed by atoms with Crippen molar-refractivity contribution in [2.45, 2.75) is 13.0 Å². The molecule has 0 bridgehead atoms. The molecule has 1 aliphatic heterocycles. The van der Waals surface area contributed by atoms with E-state index < -0.39 is 6.10 Å². The lowest BCUT2D eigenvalue weighted by Gasteiger charge is -2.26. The number of aliphatic hydroxyl groups is 1. The summed E-state index contributed by atoms with van der Waals surface area (Å²) >= 11 is 1.87. The Morgan fingerprint density at radius 2 is 2.17 bits per heavy atom. The fourth-order valence-corrected chi connectivity index (χ4v) is 2.75. The molecule has 1 fully saturated rings. The highest BCUT2D eigenvalue weighted by atomic mass is 32.2. The molecule has 2 N–H and O–H groups in total. The zero-order valence-corrected chi connectivity index (χ0v) is 11.2. The lowest BCUT2D eigenvalue weighted by Crippen LogP contribution is -2.40. The van der Waals surface area contributed by atoms with E-state index in [9.17, 15) is 9.90 Å². The minimum Gasteiger partial charge on any atom is -0.389 e. The van der Waals surface area contributed by atoms with E-state index in [1.54, 1.807) is 13.0 Å². The lowest BCUT2D eigenvalue weighted by molar-refractivity contribution is 0.199. The van der Waals surface area contributed by atoms with Crippen LogP contribution in [0.1, 0.15) is 18.6 Å². The summed E-state index contributed by atoms with van der Waals surface area (Å²) < 4.78 is 0. The topological polar surface area (TPSA) is 52.6 Å². The Balaban J connectivity index is 1.99. The molecule has 1 atom stereocenters. The third-order valence-electron chi connectivity index (χ3n) is 2.92. The number of carbonyl (C=O) groups excluding carboxylic acids is 1. The van der Waals surface area contributed by atoms with Crippen LogP contribution in [-0.4, -0.2) is 40.6 Å². The van der Waals surface area contributed by atoms with Gasteiger partial charge in [0.1, 0.15) is 0 Å². The molecular weight excluding hydrogens is 248 g/mol. The van der Waals surface area contributed by atoms with Crippen LogP contribution in [0.5, 0.6) is 0 Å². The van der Waals surface area contributed by atoms with Crippen molar-refractivity contribution in [3.8, 4) is 0 Å². The fraction of sp³-hybridized carbons (Fsp3) is 0.462. The summed E-state index contributed by atoms with van der Waals surface area (Å²) in [6, 6.07) is 7.27. The van der Waals surface area contributed by atoms with Crippen LogP contribution in [-0.2, 0) is 0 Å². The van der Waals surface area contributed by atoms with Gasteiger partial charge in [-0.05, 0) is 24.6 Å². The molecule has 0 aliphatic carbocycles. The monoisotopic (exact) mass is 266 g/mol. The van der Waals surface area contributed by atoms with Gasteiger partial charge < -0.3 is 15.3 Å². The highest BCUT2D eigenvalue weighted by molar-refractivity contribution is 7.99. The number of amides is 2. The van der Waals surface area contributed by atoms with Crippen molar-refractivity contribution < 1.29 is 9.90 Å². The lowest BCUT2D eigenvalue weighted by atomic mass is 10.1. The summed E-state index contributed by atoms with van der Waals surface area (Å²) in [5.74, 6) is 2.00. The van der Waals surface area contributed by atoms with Gasteiger partial charge in [-0.3, -0.25) is 0 Å². The Morgan fingerprint density at radius 1 is 1.44 bits per heavy atom. The summed E-state index contributed by atoms with van der Waals surface area (Å²) in [6.45, 7) is 3.31. The van der Waals surface area contributed by atoms with Crippen molar-refractivity contribution in [2.24, 2.45) is 0 Å². The first-order valence-electron chi connectivity index (χ1n) is 6.08. The molecule has 0 saturated carbocycles. The quantitative estimate of drug-likeness (QED) is 0.863. The second-order valence-electron chi connectivity index (χ2n) is 4.33. The van der Waals surface area contributed by atoms with Gasteiger partial charge in [0, 0.05) is 30.3 Å². The van der Waals surface area contributed by atoms with E-state index in [1.165, 1.54) is 0 Å². The van der Waals surface area contributed by atoms with Gasteiger partial charge in [0.05, 0.1) is 6.10 Å². The van der Waals surface area contributed by atoms with Crippen molar-refractivity contribution in [3.63, 3.8) is 0 Å². The summed E-state index contributed by atoms with van der Waals surface area (Å²) in [6.07, 6.45) is -0.520. The van der Waals surface area contributed by atoms with Crippen LogP contribution >= 0.6 is 11.8 Å². The van der Waals surface area contributed by atoms with Crippen LogP contribution in [0.2, 0.25) is 0 Å². The number of carbonyl (C=O) groups is 1. The number of thioether (sulfide) groups is 1. The molecule has 1 saturated heterocycles. The van der Waals surface area contributed by atoms with E-state index >= 15 is 0 Å². The smallest absolute Gasteiger partial charge is 0.321 e. The predicted molar refractivity (Wildman–Crippen MR) is 75.0 cm³/mol. The maximum atomic E-state index is 12.0. The average molecular weight is 266 g/mol. The molecule has 1 aliphatic rings. The summed E-state index contributed by atoms with van der Waals surface area (Å²) in [7, 11) is 0. The van der Waals surface area contributed by atoms with E-state index in [0.29, 0.717) is 0 Å². The van der Waals surface area contributed by atoms with Crippen molar-refractivity contribution in [3.05, 3.63) is 29.8 Å². The Bertz CT molecular complexity index is 417. The van der Waals surface area contributed by atoms with E-state index in [-0.39, 0.29) is 6.03 Å². The van der Waals surface area contributed by atoms with Gasteiger partial charge in [0.2, 0.25) is 0 Å². The molecule has 0 aromatic heterocycles. The third-order valence-corrected chi connectivity index (χ3v) is 3.86. The maximum absolute atomic E-state index is 12.0. The third kappa shape index (κ3) is 3.40. The molecule has 2 amide bonds. The molecule has 1 aromatic carbocycles. The van der Waals surface area contributed by atoms with Crippen LogP contribution in [0.15, 0.2) is 24.3 Å². The van der Waals surface area contributed by atoms with Crippen LogP contribution in [0.3, 0.4) is 0 Å². The second kappa shape index (κ2) is 6.11. The zero-order chi connectivity index (χ0) is 13.0. The van der Waals surface area contributed by atoms with Gasteiger partial charge in [-0.2, -0.15) is 11.8 Å². The first-order valence-corrected chi connectivity index (χ1v) is 7.24. The van der Waals surface area contributed by atoms with Crippen molar-refractivity contribution >= 4 is 23.5 Å². The molecule has 0 radical (unpaired) electrons. The minimum atomic E-state index is -0.520. The number of nitrogens with zero attached hydrogens (tertiary/aromatic N) is 1. The fourth-order valence-electron chi connectivity index (χ4n) is 1.85. The van der Waals surface area contributed by atoms with Crippen LogP contribution in [0.25, 0.3) is 0 Å². The Hall–Kier alpha value is -1.20. The molecule has 98 valence electrons. The molecule has 0 spiro atoms. The molecule has 2 rings (SSSR count). The number of urea groups is 1. The van der Waals surface area contributed by atoms with Crippen LogP contribution in [0.4, 0.5) is 10.5 Å². The zero-order valence-electron chi connectivity index (χ0n) is 10.4. The molecule has 1 unspecified atom stereocenters. The number of rotatable bonds is 2. The number of aliphatic hydroxyl groups excluding tert-OH is 1. The Morgan fingerprint density at radius 3 is 2.83 bits per heavy atom. The molecule has 1 heterocycles. The Kier molecular flexibility index (Phi) is 4.49. The van der Waals surface area contributed by atoms with Crippen molar-refractivity contribution in [2.75, 3.05) is 29.9 Å². The van der Waals surface area contributed by atoms with E-state index in [1.807, 2.05) is 34.9 Å². The highest BCUT2D eigenvalue weighted by Gasteiger charge is 2.16. The molecular formula is C13H18N2O2S.